The average molecular weight is 400 g/mol. The highest BCUT2D eigenvalue weighted by Gasteiger charge is 2.19. The number of benzene rings is 2. The predicted molar refractivity (Wildman–Crippen MR) is 84.0 cm³/mol. The van der Waals surface area contributed by atoms with Crippen molar-refractivity contribution < 1.29 is 8.81 Å². The van der Waals surface area contributed by atoms with Crippen molar-refractivity contribution in [1.82, 2.24) is 4.98 Å². The summed E-state index contributed by atoms with van der Waals surface area (Å²) in [7, 11) is 0. The molecule has 20 heavy (non-hydrogen) atoms. The first kappa shape index (κ1) is 13.6. The molecule has 3 rings (SSSR count). The molecule has 0 aliphatic heterocycles. The summed E-state index contributed by atoms with van der Waals surface area (Å²) in [5.41, 5.74) is 8.84. The third-order valence-corrected chi connectivity index (χ3v) is 4.91. The van der Waals surface area contributed by atoms with E-state index in [9.17, 15) is 4.39 Å². The summed E-state index contributed by atoms with van der Waals surface area (Å²) in [6, 6.07) is 6.36. The smallest absolute Gasteiger partial charge is 0.230 e. The number of aryl methyl sites for hydroxylation is 1. The molecule has 3 nitrogen and oxygen atoms in total. The maximum absolute atomic E-state index is 13.8. The standard InChI is InChI=1S/C14H9Br2FN2O/c1-6-9(15)11(18)10(16)12-13(6)20-14(19-12)7-4-2-3-5-8(7)17/h2-5H,18H2,1H3. The number of nitrogens with zero attached hydrogens (tertiary/aromatic N) is 1. The number of aromatic nitrogens is 1. The number of oxazole rings is 1. The molecule has 2 N–H and O–H groups in total. The minimum atomic E-state index is -0.375. The van der Waals surface area contributed by atoms with Gasteiger partial charge in [0.05, 0.1) is 15.7 Å². The highest BCUT2D eigenvalue weighted by atomic mass is 79.9. The first-order valence-electron chi connectivity index (χ1n) is 5.79. The van der Waals surface area contributed by atoms with Crippen LogP contribution >= 0.6 is 31.9 Å². The number of anilines is 1. The lowest BCUT2D eigenvalue weighted by Crippen LogP contribution is -1.92. The van der Waals surface area contributed by atoms with Crippen LogP contribution in [0, 0.1) is 12.7 Å². The van der Waals surface area contributed by atoms with Gasteiger partial charge in [0.1, 0.15) is 11.3 Å². The fourth-order valence-corrected chi connectivity index (χ4v) is 3.11. The summed E-state index contributed by atoms with van der Waals surface area (Å²) in [5.74, 6) is -0.140. The predicted octanol–water partition coefficient (Wildman–Crippen LogP) is 5.05. The fourth-order valence-electron chi connectivity index (χ4n) is 2.00. The Balaban J connectivity index is 2.35. The zero-order valence-electron chi connectivity index (χ0n) is 10.4. The van der Waals surface area contributed by atoms with Gasteiger partial charge in [-0.25, -0.2) is 9.37 Å². The van der Waals surface area contributed by atoms with Gasteiger partial charge >= 0.3 is 0 Å². The van der Waals surface area contributed by atoms with Gasteiger partial charge in [0.25, 0.3) is 0 Å². The van der Waals surface area contributed by atoms with E-state index >= 15 is 0 Å². The second-order valence-electron chi connectivity index (χ2n) is 4.34. The molecule has 0 spiro atoms. The van der Waals surface area contributed by atoms with Crippen molar-refractivity contribution in [2.45, 2.75) is 6.92 Å². The van der Waals surface area contributed by atoms with Crippen LogP contribution in [0.1, 0.15) is 5.56 Å². The number of nitrogen functional groups attached to an aromatic ring is 1. The summed E-state index contributed by atoms with van der Waals surface area (Å²) in [4.78, 5) is 4.35. The molecule has 2 aromatic carbocycles. The molecule has 0 saturated heterocycles. The molecule has 0 unspecified atom stereocenters. The quantitative estimate of drug-likeness (QED) is 0.582. The van der Waals surface area contributed by atoms with E-state index in [4.69, 9.17) is 10.2 Å². The van der Waals surface area contributed by atoms with Gasteiger partial charge in [-0.3, -0.25) is 0 Å². The molecule has 102 valence electrons. The Morgan fingerprint density at radius 2 is 1.90 bits per heavy atom. The van der Waals surface area contributed by atoms with Crippen LogP contribution in [0.3, 0.4) is 0 Å². The molecule has 1 heterocycles. The van der Waals surface area contributed by atoms with Crippen LogP contribution < -0.4 is 5.73 Å². The van der Waals surface area contributed by atoms with E-state index in [2.05, 4.69) is 36.8 Å². The summed E-state index contributed by atoms with van der Waals surface area (Å²) in [5, 5.41) is 0. The highest BCUT2D eigenvalue weighted by Crippen LogP contribution is 2.40. The monoisotopic (exact) mass is 398 g/mol. The van der Waals surface area contributed by atoms with Gasteiger partial charge < -0.3 is 10.2 Å². The van der Waals surface area contributed by atoms with Crippen molar-refractivity contribution >= 4 is 48.6 Å². The second-order valence-corrected chi connectivity index (χ2v) is 5.93. The largest absolute Gasteiger partial charge is 0.436 e. The van der Waals surface area contributed by atoms with Crippen LogP contribution in [0.15, 0.2) is 37.6 Å². The van der Waals surface area contributed by atoms with Gasteiger partial charge in [-0.05, 0) is 50.9 Å². The Bertz CT molecular complexity index is 785. The Labute approximate surface area is 131 Å². The first-order valence-corrected chi connectivity index (χ1v) is 7.37. The Morgan fingerprint density at radius 3 is 2.60 bits per heavy atom. The van der Waals surface area contributed by atoms with E-state index < -0.39 is 0 Å². The molecule has 0 saturated carbocycles. The van der Waals surface area contributed by atoms with E-state index in [0.29, 0.717) is 26.8 Å². The molecule has 1 aromatic heterocycles. The summed E-state index contributed by atoms with van der Waals surface area (Å²) in [6.07, 6.45) is 0. The van der Waals surface area contributed by atoms with Crippen LogP contribution in [0.25, 0.3) is 22.6 Å². The van der Waals surface area contributed by atoms with Gasteiger partial charge in [0, 0.05) is 10.0 Å². The number of rotatable bonds is 1. The Morgan fingerprint density at radius 1 is 1.20 bits per heavy atom. The van der Waals surface area contributed by atoms with E-state index in [1.54, 1.807) is 18.2 Å². The van der Waals surface area contributed by atoms with E-state index in [-0.39, 0.29) is 11.7 Å². The molecule has 0 aliphatic carbocycles. The average Bonchev–Trinajstić information content (AvgIpc) is 2.88. The molecule has 0 atom stereocenters. The van der Waals surface area contributed by atoms with Gasteiger partial charge in [-0.15, -0.1) is 0 Å². The summed E-state index contributed by atoms with van der Waals surface area (Å²) < 4.78 is 20.9. The van der Waals surface area contributed by atoms with Crippen molar-refractivity contribution in [3.05, 3.63) is 44.6 Å². The third kappa shape index (κ3) is 1.94. The molecule has 0 aliphatic rings. The molecule has 0 bridgehead atoms. The maximum Gasteiger partial charge on any atom is 0.230 e. The first-order chi connectivity index (χ1) is 9.50. The number of nitrogens with two attached hydrogens (primary N) is 1. The van der Waals surface area contributed by atoms with Crippen molar-refractivity contribution in [1.29, 1.82) is 0 Å². The summed E-state index contributed by atoms with van der Waals surface area (Å²) in [6.45, 7) is 1.87. The minimum absolute atomic E-state index is 0.236. The van der Waals surface area contributed by atoms with E-state index in [1.807, 2.05) is 6.92 Å². The molecule has 3 aromatic rings. The summed E-state index contributed by atoms with van der Waals surface area (Å²) >= 11 is 6.81. The van der Waals surface area contributed by atoms with Crippen molar-refractivity contribution in [2.24, 2.45) is 0 Å². The van der Waals surface area contributed by atoms with Crippen LogP contribution in [0.5, 0.6) is 0 Å². The molecule has 0 amide bonds. The number of hydrogen-bond donors (Lipinski definition) is 1. The lowest BCUT2D eigenvalue weighted by atomic mass is 10.2. The van der Waals surface area contributed by atoms with Crippen molar-refractivity contribution in [2.75, 3.05) is 5.73 Å². The lowest BCUT2D eigenvalue weighted by Gasteiger charge is -2.05. The third-order valence-electron chi connectivity index (χ3n) is 3.08. The van der Waals surface area contributed by atoms with E-state index in [0.717, 1.165) is 10.0 Å². The number of halogens is 3. The number of fused-ring (bicyclic) bond motifs is 1. The van der Waals surface area contributed by atoms with Crippen LogP contribution in [-0.4, -0.2) is 4.98 Å². The van der Waals surface area contributed by atoms with Crippen LogP contribution in [0.2, 0.25) is 0 Å². The van der Waals surface area contributed by atoms with E-state index in [1.165, 1.54) is 6.07 Å². The minimum Gasteiger partial charge on any atom is -0.436 e. The highest BCUT2D eigenvalue weighted by molar-refractivity contribution is 9.11. The zero-order valence-corrected chi connectivity index (χ0v) is 13.5. The van der Waals surface area contributed by atoms with Crippen LogP contribution in [0.4, 0.5) is 10.1 Å². The van der Waals surface area contributed by atoms with Crippen LogP contribution in [-0.2, 0) is 0 Å². The second kappa shape index (κ2) is 4.86. The van der Waals surface area contributed by atoms with Crippen molar-refractivity contribution in [3.8, 4) is 11.5 Å². The SMILES string of the molecule is Cc1c(Br)c(N)c(Br)c2nc(-c3ccccc3F)oc12. The topological polar surface area (TPSA) is 52.0 Å². The zero-order chi connectivity index (χ0) is 14.4. The van der Waals surface area contributed by atoms with Crippen molar-refractivity contribution in [3.63, 3.8) is 0 Å². The fraction of sp³-hybridized carbons (Fsp3) is 0.0714. The molecular formula is C14H9Br2FN2O. The Kier molecular flexibility index (Phi) is 3.30. The maximum atomic E-state index is 13.8. The molecule has 6 heteroatoms. The van der Waals surface area contributed by atoms with Gasteiger partial charge in [-0.1, -0.05) is 12.1 Å². The van der Waals surface area contributed by atoms with Gasteiger partial charge in [0.15, 0.2) is 5.58 Å². The lowest BCUT2D eigenvalue weighted by molar-refractivity contribution is 0.592. The van der Waals surface area contributed by atoms with Gasteiger partial charge in [-0.2, -0.15) is 0 Å². The molecular weight excluding hydrogens is 391 g/mol. The normalized spacial score (nSPS) is 11.2. The van der Waals surface area contributed by atoms with Gasteiger partial charge in [0.2, 0.25) is 5.89 Å². The number of hydrogen-bond acceptors (Lipinski definition) is 3. The Hall–Kier alpha value is -1.40. The molecule has 0 radical (unpaired) electrons. The molecule has 0 fully saturated rings.